The van der Waals surface area contributed by atoms with Gasteiger partial charge in [0.25, 0.3) is 5.91 Å². The standard InChI is InChI=1S/C27H25FN4O3/c1-15-6-5-7-16(10-15)24(33)31-26-29-20-12-19-22(13-21(20)30-26)32(25(34)27(19,2)3)14-17-8-9-18(28)11-23(17)35-4/h5-13H,14H2,1-4H3,(H2,29,30,31,33). The minimum absolute atomic E-state index is 0.0699. The van der Waals surface area contributed by atoms with Crippen LogP contribution < -0.4 is 15.0 Å². The number of carbonyl (C=O) groups excluding carboxylic acids is 2. The molecule has 5 rings (SSSR count). The number of carbonyl (C=O) groups is 2. The molecule has 178 valence electrons. The average Bonchev–Trinajstić information content (AvgIpc) is 3.30. The van der Waals surface area contributed by atoms with Crippen molar-refractivity contribution in [2.75, 3.05) is 17.3 Å². The fourth-order valence-electron chi connectivity index (χ4n) is 4.53. The molecule has 1 aromatic heterocycles. The minimum Gasteiger partial charge on any atom is -0.496 e. The van der Waals surface area contributed by atoms with E-state index in [2.05, 4.69) is 15.3 Å². The van der Waals surface area contributed by atoms with Gasteiger partial charge in [0.2, 0.25) is 11.9 Å². The summed E-state index contributed by atoms with van der Waals surface area (Å²) in [4.78, 5) is 35.4. The number of halogens is 1. The molecule has 0 saturated heterocycles. The number of ether oxygens (including phenoxy) is 1. The number of H-pyrrole nitrogens is 1. The number of nitrogens with zero attached hydrogens (tertiary/aromatic N) is 2. The van der Waals surface area contributed by atoms with Crippen molar-refractivity contribution >= 4 is 34.5 Å². The van der Waals surface area contributed by atoms with Crippen LogP contribution in [0.1, 0.15) is 40.9 Å². The molecule has 4 aromatic rings. The molecule has 2 N–H and O–H groups in total. The zero-order valence-corrected chi connectivity index (χ0v) is 19.9. The van der Waals surface area contributed by atoms with Crippen LogP contribution in [0.15, 0.2) is 54.6 Å². The lowest BCUT2D eigenvalue weighted by atomic mass is 9.86. The highest BCUT2D eigenvalue weighted by atomic mass is 19.1. The maximum atomic E-state index is 13.7. The smallest absolute Gasteiger partial charge is 0.257 e. The van der Waals surface area contributed by atoms with E-state index in [0.29, 0.717) is 33.9 Å². The Labute approximate surface area is 201 Å². The molecule has 0 atom stereocenters. The minimum atomic E-state index is -0.771. The first kappa shape index (κ1) is 22.6. The summed E-state index contributed by atoms with van der Waals surface area (Å²) in [6.07, 6.45) is 0. The number of aromatic nitrogens is 2. The van der Waals surface area contributed by atoms with E-state index in [9.17, 15) is 14.0 Å². The number of amides is 2. The molecule has 2 heterocycles. The Bertz CT molecular complexity index is 1490. The van der Waals surface area contributed by atoms with Gasteiger partial charge in [-0.15, -0.1) is 0 Å². The molecule has 0 spiro atoms. The number of hydrogen-bond donors (Lipinski definition) is 2. The van der Waals surface area contributed by atoms with Crippen molar-refractivity contribution in [3.8, 4) is 5.75 Å². The molecule has 7 nitrogen and oxygen atoms in total. The van der Waals surface area contributed by atoms with E-state index in [1.54, 1.807) is 17.0 Å². The number of hydrogen-bond acceptors (Lipinski definition) is 4. The highest BCUT2D eigenvalue weighted by molar-refractivity contribution is 6.10. The summed E-state index contributed by atoms with van der Waals surface area (Å²) in [7, 11) is 1.47. The average molecular weight is 473 g/mol. The molecule has 0 aliphatic carbocycles. The first-order valence-corrected chi connectivity index (χ1v) is 11.2. The lowest BCUT2D eigenvalue weighted by Gasteiger charge is -2.21. The number of methoxy groups -OCH3 is 1. The molecule has 1 aliphatic heterocycles. The lowest BCUT2D eigenvalue weighted by molar-refractivity contribution is -0.122. The Morgan fingerprint density at radius 2 is 1.97 bits per heavy atom. The van der Waals surface area contributed by atoms with Crippen LogP contribution in [0.25, 0.3) is 11.0 Å². The molecule has 0 fully saturated rings. The van der Waals surface area contributed by atoms with Crippen molar-refractivity contribution in [3.05, 3.63) is 82.7 Å². The molecular weight excluding hydrogens is 447 g/mol. The Hall–Kier alpha value is -4.20. The van der Waals surface area contributed by atoms with E-state index in [0.717, 1.165) is 16.8 Å². The van der Waals surface area contributed by atoms with E-state index < -0.39 is 11.2 Å². The van der Waals surface area contributed by atoms with E-state index in [-0.39, 0.29) is 18.4 Å². The van der Waals surface area contributed by atoms with Gasteiger partial charge < -0.3 is 14.6 Å². The third-order valence-electron chi connectivity index (χ3n) is 6.43. The molecule has 0 saturated carbocycles. The first-order chi connectivity index (χ1) is 16.7. The number of benzene rings is 3. The highest BCUT2D eigenvalue weighted by Crippen LogP contribution is 2.44. The third-order valence-corrected chi connectivity index (χ3v) is 6.43. The molecule has 8 heteroatoms. The van der Waals surface area contributed by atoms with Crippen molar-refractivity contribution in [3.63, 3.8) is 0 Å². The maximum absolute atomic E-state index is 13.7. The molecule has 1 aliphatic rings. The molecule has 3 aromatic carbocycles. The van der Waals surface area contributed by atoms with Crippen molar-refractivity contribution < 1.29 is 18.7 Å². The fraction of sp³-hybridized carbons (Fsp3) is 0.222. The number of nitrogens with one attached hydrogen (secondary N) is 2. The van der Waals surface area contributed by atoms with Crippen LogP contribution in [0.2, 0.25) is 0 Å². The molecule has 0 bridgehead atoms. The Kier molecular flexibility index (Phi) is 5.31. The molecule has 2 amide bonds. The van der Waals surface area contributed by atoms with Gasteiger partial charge >= 0.3 is 0 Å². The van der Waals surface area contributed by atoms with Crippen LogP contribution in [-0.4, -0.2) is 28.9 Å². The van der Waals surface area contributed by atoms with Gasteiger partial charge in [0.05, 0.1) is 35.8 Å². The quantitative estimate of drug-likeness (QED) is 0.423. The van der Waals surface area contributed by atoms with Crippen LogP contribution in [0.3, 0.4) is 0 Å². The molecule has 0 unspecified atom stereocenters. The summed E-state index contributed by atoms with van der Waals surface area (Å²) in [6, 6.07) is 15.3. The normalized spacial score (nSPS) is 14.3. The number of aromatic amines is 1. The third kappa shape index (κ3) is 3.90. The summed E-state index contributed by atoms with van der Waals surface area (Å²) in [5.74, 6) is -0.0324. The summed E-state index contributed by atoms with van der Waals surface area (Å²) in [5, 5.41) is 2.81. The zero-order valence-electron chi connectivity index (χ0n) is 19.9. The second kappa shape index (κ2) is 8.23. The Balaban J connectivity index is 1.50. The molecular formula is C27H25FN4O3. The first-order valence-electron chi connectivity index (χ1n) is 11.2. The Morgan fingerprint density at radius 1 is 1.17 bits per heavy atom. The predicted octanol–water partition coefficient (Wildman–Crippen LogP) is 5.10. The number of anilines is 2. The van der Waals surface area contributed by atoms with Gasteiger partial charge in [0.15, 0.2) is 0 Å². The van der Waals surface area contributed by atoms with E-state index in [1.165, 1.54) is 19.2 Å². The van der Waals surface area contributed by atoms with Crippen LogP contribution in [0, 0.1) is 12.7 Å². The van der Waals surface area contributed by atoms with Gasteiger partial charge in [-0.25, -0.2) is 9.37 Å². The number of rotatable bonds is 5. The fourth-order valence-corrected chi connectivity index (χ4v) is 4.53. The maximum Gasteiger partial charge on any atom is 0.257 e. The van der Waals surface area contributed by atoms with E-state index >= 15 is 0 Å². The van der Waals surface area contributed by atoms with Crippen LogP contribution >= 0.6 is 0 Å². The monoisotopic (exact) mass is 472 g/mol. The number of aryl methyl sites for hydroxylation is 1. The second-order valence-corrected chi connectivity index (χ2v) is 9.27. The van der Waals surface area contributed by atoms with Crippen molar-refractivity contribution in [1.82, 2.24) is 9.97 Å². The van der Waals surface area contributed by atoms with Crippen molar-refractivity contribution in [2.45, 2.75) is 32.7 Å². The summed E-state index contributed by atoms with van der Waals surface area (Å²) in [5.41, 5.74) is 4.35. The second-order valence-electron chi connectivity index (χ2n) is 9.27. The summed E-state index contributed by atoms with van der Waals surface area (Å²) < 4.78 is 19.0. The van der Waals surface area contributed by atoms with Crippen LogP contribution in [-0.2, 0) is 16.8 Å². The molecule has 35 heavy (non-hydrogen) atoms. The number of fused-ring (bicyclic) bond motifs is 2. The summed E-state index contributed by atoms with van der Waals surface area (Å²) >= 11 is 0. The predicted molar refractivity (Wildman–Crippen MR) is 132 cm³/mol. The van der Waals surface area contributed by atoms with Gasteiger partial charge in [0, 0.05) is 17.2 Å². The van der Waals surface area contributed by atoms with E-state index in [1.807, 2.05) is 51.1 Å². The zero-order chi connectivity index (χ0) is 24.9. The van der Waals surface area contributed by atoms with Gasteiger partial charge in [-0.3, -0.25) is 14.9 Å². The Morgan fingerprint density at radius 3 is 2.71 bits per heavy atom. The van der Waals surface area contributed by atoms with Crippen molar-refractivity contribution in [2.24, 2.45) is 0 Å². The molecule has 0 radical (unpaired) electrons. The van der Waals surface area contributed by atoms with Gasteiger partial charge in [0.1, 0.15) is 11.6 Å². The SMILES string of the molecule is COc1cc(F)ccc1CN1C(=O)C(C)(C)c2cc3[nH]c(NC(=O)c4cccc(C)c4)nc3cc21. The van der Waals surface area contributed by atoms with Gasteiger partial charge in [-0.1, -0.05) is 23.8 Å². The van der Waals surface area contributed by atoms with Crippen molar-refractivity contribution in [1.29, 1.82) is 0 Å². The topological polar surface area (TPSA) is 87.3 Å². The highest BCUT2D eigenvalue weighted by Gasteiger charge is 2.44. The van der Waals surface area contributed by atoms with E-state index in [4.69, 9.17) is 4.74 Å². The van der Waals surface area contributed by atoms with Crippen LogP contribution in [0.4, 0.5) is 16.0 Å². The van der Waals surface area contributed by atoms with Gasteiger partial charge in [-0.2, -0.15) is 0 Å². The summed E-state index contributed by atoms with van der Waals surface area (Å²) in [6.45, 7) is 5.90. The van der Waals surface area contributed by atoms with Gasteiger partial charge in [-0.05, 0) is 56.7 Å². The van der Waals surface area contributed by atoms with Crippen LogP contribution in [0.5, 0.6) is 5.75 Å². The lowest BCUT2D eigenvalue weighted by Crippen LogP contribution is -2.35. The number of imidazole rings is 1. The largest absolute Gasteiger partial charge is 0.496 e.